The summed E-state index contributed by atoms with van der Waals surface area (Å²) in [6, 6.07) is 0. The van der Waals surface area contributed by atoms with Crippen molar-refractivity contribution in [1.29, 1.82) is 0 Å². The van der Waals surface area contributed by atoms with Crippen molar-refractivity contribution in [3.05, 3.63) is 24.3 Å². The number of hydrogen-bond donors (Lipinski definition) is 0. The van der Waals surface area contributed by atoms with Gasteiger partial charge in [0, 0.05) is 22.4 Å². The summed E-state index contributed by atoms with van der Waals surface area (Å²) in [7, 11) is 0. The van der Waals surface area contributed by atoms with Crippen molar-refractivity contribution in [2.24, 2.45) is 0 Å². The van der Waals surface area contributed by atoms with E-state index >= 15 is 0 Å². The first-order chi connectivity index (χ1) is 2.50. The summed E-state index contributed by atoms with van der Waals surface area (Å²) < 4.78 is 0. The molecule has 0 aromatic carbocycles. The van der Waals surface area contributed by atoms with Gasteiger partial charge < -0.3 is 49.6 Å². The zero-order chi connectivity index (χ0) is 3.54. The first-order valence-corrected chi connectivity index (χ1v) is 1.82. The molecule has 1 aliphatic rings. The van der Waals surface area contributed by atoms with E-state index < -0.39 is 0 Å². The van der Waals surface area contributed by atoms with Crippen LogP contribution in [-0.4, -0.2) is 0 Å². The summed E-state index contributed by atoms with van der Waals surface area (Å²) in [5, 5.41) is 0. The largest absolute Gasteiger partial charge is 1.00 e. The van der Waals surface area contributed by atoms with E-state index in [1.165, 1.54) is 0 Å². The van der Waals surface area contributed by atoms with Gasteiger partial charge >= 0.3 is 0 Å². The summed E-state index contributed by atoms with van der Waals surface area (Å²) in [5.41, 5.74) is 0. The third kappa shape index (κ3) is 16.2. The van der Waals surface area contributed by atoms with Crippen molar-refractivity contribution < 1.29 is 72.0 Å². The van der Waals surface area contributed by atoms with Gasteiger partial charge in [-0.25, -0.2) is 0 Å². The van der Waals surface area contributed by atoms with Crippen LogP contribution in [0.15, 0.2) is 24.3 Å². The van der Waals surface area contributed by atoms with Crippen molar-refractivity contribution in [3.8, 4) is 0 Å². The summed E-state index contributed by atoms with van der Waals surface area (Å²) >= 11 is 0. The van der Waals surface area contributed by atoms with Gasteiger partial charge in [0.25, 0.3) is 0 Å². The molecule has 0 atom stereocenters. The van der Waals surface area contributed by atoms with Crippen LogP contribution in [0.2, 0.25) is 0 Å². The molecule has 10 heavy (non-hydrogen) atoms. The fourth-order valence-corrected chi connectivity index (χ4v) is 0.393. The van der Waals surface area contributed by atoms with Gasteiger partial charge in [0.2, 0.25) is 0 Å². The van der Waals surface area contributed by atoms with E-state index in [0.29, 0.717) is 0 Å². The van der Waals surface area contributed by atoms with Gasteiger partial charge in [0.1, 0.15) is 0 Å². The van der Waals surface area contributed by atoms with Crippen LogP contribution >= 0.6 is 0 Å². The van der Waals surface area contributed by atoms with Gasteiger partial charge in [-0.1, -0.05) is 24.3 Å². The molecule has 0 N–H and O–H groups in total. The maximum atomic E-state index is 2.12. The monoisotopic (exact) mass is 299 g/mol. The molecule has 0 aromatic heterocycles. The average Bonchev–Trinajstić information content (AvgIpc) is 1.76. The van der Waals surface area contributed by atoms with Crippen molar-refractivity contribution in [3.63, 3.8) is 0 Å². The zero-order valence-corrected chi connectivity index (χ0v) is 10.2. The molecule has 0 aromatic rings. The minimum Gasteiger partial charge on any atom is -1.00 e. The molecule has 0 spiro atoms. The molecule has 1 aliphatic carbocycles. The summed E-state index contributed by atoms with van der Waals surface area (Å²) in [6.07, 6.45) is 9.50. The maximum absolute atomic E-state index is 2.12. The second kappa shape index (κ2) is 22.4. The molecular formula is C5H6Cl4Nb-4. The minimum atomic E-state index is 0. The molecular weight excluding hydrogens is 295 g/mol. The topological polar surface area (TPSA) is 0 Å². The van der Waals surface area contributed by atoms with Gasteiger partial charge in [-0.2, -0.15) is 0 Å². The van der Waals surface area contributed by atoms with Crippen molar-refractivity contribution >= 4 is 0 Å². The van der Waals surface area contributed by atoms with E-state index in [2.05, 4.69) is 24.3 Å². The molecule has 1 rings (SSSR count). The van der Waals surface area contributed by atoms with E-state index in [1.54, 1.807) is 0 Å². The Kier molecular flexibility index (Phi) is 67.6. The second-order valence-corrected chi connectivity index (χ2v) is 1.09. The fourth-order valence-electron chi connectivity index (χ4n) is 0.393. The minimum absolute atomic E-state index is 0. The summed E-state index contributed by atoms with van der Waals surface area (Å²) in [6.45, 7) is 0. The molecule has 0 unspecified atom stereocenters. The Hall–Kier alpha value is 1.38. The van der Waals surface area contributed by atoms with Crippen LogP contribution in [-0.2, 0) is 22.4 Å². The molecule has 0 amide bonds. The Morgan fingerprint density at radius 2 is 1.00 bits per heavy atom. The Morgan fingerprint density at radius 3 is 1.10 bits per heavy atom. The summed E-state index contributed by atoms with van der Waals surface area (Å²) in [5.74, 6) is 0. The van der Waals surface area contributed by atoms with Crippen LogP contribution < -0.4 is 49.6 Å². The molecule has 0 aliphatic heterocycles. The molecule has 0 nitrogen and oxygen atoms in total. The molecule has 1 radical (unpaired) electrons. The number of halogens is 4. The smallest absolute Gasteiger partial charge is 0 e. The van der Waals surface area contributed by atoms with Gasteiger partial charge in [0.05, 0.1) is 0 Å². The van der Waals surface area contributed by atoms with Crippen LogP contribution in [0.5, 0.6) is 0 Å². The predicted octanol–water partition coefficient (Wildman–Crippen LogP) is -10.5. The second-order valence-electron chi connectivity index (χ2n) is 1.09. The Balaban J connectivity index is -0.0000000167. The first-order valence-electron chi connectivity index (χ1n) is 1.82. The Bertz CT molecular complexity index is 71.7. The fraction of sp³-hybridized carbons (Fsp3) is 0.200. The van der Waals surface area contributed by atoms with Gasteiger partial charge in [-0.15, -0.1) is 0 Å². The molecule has 5 heteroatoms. The maximum Gasteiger partial charge on any atom is 0 e. The van der Waals surface area contributed by atoms with Crippen LogP contribution in [0.25, 0.3) is 0 Å². The number of allylic oxidation sites excluding steroid dienone is 4. The number of hydrogen-bond acceptors (Lipinski definition) is 0. The SMILES string of the molecule is C1=CCC=C1.[Cl-].[Cl-].[Cl-].[Cl-].[Nb]. The van der Waals surface area contributed by atoms with Crippen LogP contribution in [0, 0.1) is 0 Å². The van der Waals surface area contributed by atoms with E-state index in [1.807, 2.05) is 0 Å². The van der Waals surface area contributed by atoms with Crippen molar-refractivity contribution in [2.45, 2.75) is 6.42 Å². The van der Waals surface area contributed by atoms with E-state index in [9.17, 15) is 0 Å². The standard InChI is InChI=1S/C5H6.4ClH.Nb/c1-2-4-5-3-1;;;;;/h1-4H,5H2;4*1H;/p-4. The zero-order valence-electron chi connectivity index (χ0n) is 4.98. The molecule has 0 heterocycles. The molecule has 63 valence electrons. The van der Waals surface area contributed by atoms with E-state index in [0.717, 1.165) is 6.42 Å². The van der Waals surface area contributed by atoms with Gasteiger partial charge in [-0.05, 0) is 6.42 Å². The van der Waals surface area contributed by atoms with Crippen molar-refractivity contribution in [2.75, 3.05) is 0 Å². The Morgan fingerprint density at radius 1 is 0.700 bits per heavy atom. The van der Waals surface area contributed by atoms with E-state index in [4.69, 9.17) is 0 Å². The van der Waals surface area contributed by atoms with Gasteiger partial charge in [0.15, 0.2) is 0 Å². The Labute approximate surface area is 102 Å². The molecule has 0 saturated heterocycles. The van der Waals surface area contributed by atoms with Gasteiger partial charge in [-0.3, -0.25) is 0 Å². The summed E-state index contributed by atoms with van der Waals surface area (Å²) in [4.78, 5) is 0. The molecule has 0 fully saturated rings. The molecule has 0 bridgehead atoms. The predicted molar refractivity (Wildman–Crippen MR) is 22.9 cm³/mol. The average molecular weight is 301 g/mol. The third-order valence-corrected chi connectivity index (χ3v) is 0.655. The normalized spacial score (nSPS) is 8.80. The van der Waals surface area contributed by atoms with Crippen LogP contribution in [0.4, 0.5) is 0 Å². The first kappa shape index (κ1) is 30.1. The van der Waals surface area contributed by atoms with Crippen LogP contribution in [0.3, 0.4) is 0 Å². The quantitative estimate of drug-likeness (QED) is 0.390. The third-order valence-electron chi connectivity index (χ3n) is 0.655. The number of rotatable bonds is 0. The molecule has 0 saturated carbocycles. The van der Waals surface area contributed by atoms with E-state index in [-0.39, 0.29) is 72.0 Å². The van der Waals surface area contributed by atoms with Crippen LogP contribution in [0.1, 0.15) is 6.42 Å². The van der Waals surface area contributed by atoms with Crippen molar-refractivity contribution in [1.82, 2.24) is 0 Å².